The lowest BCUT2D eigenvalue weighted by Gasteiger charge is -2.06. The number of anilines is 1. The first-order chi connectivity index (χ1) is 9.09. The van der Waals surface area contributed by atoms with E-state index in [1.807, 2.05) is 16.9 Å². The molecule has 2 rings (SSSR count). The maximum absolute atomic E-state index is 11.0. The molecule has 102 valence electrons. The van der Waals surface area contributed by atoms with Crippen molar-refractivity contribution >= 4 is 11.5 Å². The van der Waals surface area contributed by atoms with E-state index in [1.54, 1.807) is 20.2 Å². The van der Waals surface area contributed by atoms with E-state index in [4.69, 9.17) is 0 Å². The maximum Gasteiger partial charge on any atom is 0.333 e. The van der Waals surface area contributed by atoms with Crippen LogP contribution in [0.3, 0.4) is 0 Å². The summed E-state index contributed by atoms with van der Waals surface area (Å²) in [6.07, 6.45) is 4.43. The monoisotopic (exact) mass is 264 g/mol. The normalized spacial score (nSPS) is 10.6. The average molecular weight is 264 g/mol. The zero-order chi connectivity index (χ0) is 13.8. The topological polar surface area (TPSA) is 90.8 Å². The first kappa shape index (κ1) is 13.1. The number of nitrogens with zero attached hydrogens (tertiary/aromatic N) is 5. The number of rotatable bonds is 6. The van der Waals surface area contributed by atoms with E-state index in [1.165, 1.54) is 4.68 Å². The van der Waals surface area contributed by atoms with Gasteiger partial charge in [-0.25, -0.2) is 4.68 Å². The minimum absolute atomic E-state index is 0.0431. The summed E-state index contributed by atoms with van der Waals surface area (Å²) in [5, 5.41) is 22.2. The van der Waals surface area contributed by atoms with E-state index in [0.29, 0.717) is 18.1 Å². The van der Waals surface area contributed by atoms with E-state index in [-0.39, 0.29) is 5.69 Å². The van der Waals surface area contributed by atoms with Gasteiger partial charge in [-0.2, -0.15) is 10.2 Å². The van der Waals surface area contributed by atoms with E-state index in [9.17, 15) is 10.1 Å². The van der Waals surface area contributed by atoms with E-state index >= 15 is 0 Å². The predicted octanol–water partition coefficient (Wildman–Crippen LogP) is 1.34. The Balaban J connectivity index is 1.94. The standard InChI is InChI=1S/C11H16N6O2/c1-9-10(17(18)19)11(15(2)14-9)12-5-3-7-16-8-4-6-13-16/h4,6,8,12H,3,5,7H2,1-2H3. The quantitative estimate of drug-likeness (QED) is 0.483. The molecule has 0 radical (unpaired) electrons. The minimum atomic E-state index is -0.405. The molecule has 0 fully saturated rings. The van der Waals surface area contributed by atoms with Crippen LogP contribution < -0.4 is 5.32 Å². The maximum atomic E-state index is 11.0. The summed E-state index contributed by atoms with van der Waals surface area (Å²) < 4.78 is 3.33. The van der Waals surface area contributed by atoms with Crippen LogP contribution in [0.5, 0.6) is 0 Å². The molecule has 19 heavy (non-hydrogen) atoms. The van der Waals surface area contributed by atoms with Gasteiger partial charge in [-0.15, -0.1) is 0 Å². The molecular weight excluding hydrogens is 248 g/mol. The van der Waals surface area contributed by atoms with Gasteiger partial charge in [-0.1, -0.05) is 0 Å². The predicted molar refractivity (Wildman–Crippen MR) is 69.9 cm³/mol. The fourth-order valence-electron chi connectivity index (χ4n) is 1.94. The Morgan fingerprint density at radius 2 is 2.32 bits per heavy atom. The Kier molecular flexibility index (Phi) is 3.79. The van der Waals surface area contributed by atoms with Gasteiger partial charge in [0.25, 0.3) is 0 Å². The summed E-state index contributed by atoms with van der Waals surface area (Å²) in [5.41, 5.74) is 0.462. The highest BCUT2D eigenvalue weighted by molar-refractivity contribution is 5.59. The zero-order valence-corrected chi connectivity index (χ0v) is 10.9. The van der Waals surface area contributed by atoms with E-state index in [2.05, 4.69) is 15.5 Å². The molecule has 8 nitrogen and oxygen atoms in total. The highest BCUT2D eigenvalue weighted by Crippen LogP contribution is 2.26. The molecule has 0 unspecified atom stereocenters. The number of nitro groups is 1. The molecule has 2 heterocycles. The average Bonchev–Trinajstić information content (AvgIpc) is 2.93. The van der Waals surface area contributed by atoms with Gasteiger partial charge in [0.1, 0.15) is 5.69 Å². The Morgan fingerprint density at radius 1 is 1.53 bits per heavy atom. The molecule has 8 heteroatoms. The third kappa shape index (κ3) is 2.90. The van der Waals surface area contributed by atoms with Crippen molar-refractivity contribution in [3.05, 3.63) is 34.3 Å². The molecule has 2 aromatic rings. The molecule has 0 aliphatic rings. The summed E-state index contributed by atoms with van der Waals surface area (Å²) in [6, 6.07) is 1.86. The van der Waals surface area contributed by atoms with Gasteiger partial charge in [0.05, 0.1) is 4.92 Å². The Labute approximate surface area is 110 Å². The molecule has 0 amide bonds. The molecular formula is C11H16N6O2. The largest absolute Gasteiger partial charge is 0.364 e. The van der Waals surface area contributed by atoms with Crippen LogP contribution in [0.4, 0.5) is 11.5 Å². The fourth-order valence-corrected chi connectivity index (χ4v) is 1.94. The highest BCUT2D eigenvalue weighted by Gasteiger charge is 2.23. The first-order valence-corrected chi connectivity index (χ1v) is 5.99. The number of hydrogen-bond donors (Lipinski definition) is 1. The second-order valence-electron chi connectivity index (χ2n) is 4.21. The summed E-state index contributed by atoms with van der Waals surface area (Å²) in [6.45, 7) is 3.03. The summed E-state index contributed by atoms with van der Waals surface area (Å²) >= 11 is 0. The number of aromatic nitrogens is 4. The van der Waals surface area contributed by atoms with Crippen LogP contribution in [0.25, 0.3) is 0 Å². The third-order valence-electron chi connectivity index (χ3n) is 2.79. The zero-order valence-electron chi connectivity index (χ0n) is 10.9. The van der Waals surface area contributed by atoms with Crippen molar-refractivity contribution in [3.63, 3.8) is 0 Å². The van der Waals surface area contributed by atoms with Gasteiger partial charge in [-0.3, -0.25) is 14.8 Å². The minimum Gasteiger partial charge on any atom is -0.364 e. The van der Waals surface area contributed by atoms with Crippen LogP contribution in [0.1, 0.15) is 12.1 Å². The molecule has 1 N–H and O–H groups in total. The van der Waals surface area contributed by atoms with Crippen molar-refractivity contribution in [2.75, 3.05) is 11.9 Å². The lowest BCUT2D eigenvalue weighted by Crippen LogP contribution is -2.10. The SMILES string of the molecule is Cc1nn(C)c(NCCCn2cccn2)c1[N+](=O)[O-]. The lowest BCUT2D eigenvalue weighted by atomic mass is 10.3. The van der Waals surface area contributed by atoms with Gasteiger partial charge >= 0.3 is 5.69 Å². The molecule has 0 aliphatic carbocycles. The van der Waals surface area contributed by atoms with Crippen LogP contribution in [0.15, 0.2) is 18.5 Å². The van der Waals surface area contributed by atoms with Gasteiger partial charge in [0.2, 0.25) is 5.82 Å². The molecule has 0 spiro atoms. The van der Waals surface area contributed by atoms with Gasteiger partial charge < -0.3 is 5.32 Å². The van der Waals surface area contributed by atoms with E-state index in [0.717, 1.165) is 13.0 Å². The molecule has 0 aromatic carbocycles. The Hall–Kier alpha value is -2.38. The number of nitrogens with one attached hydrogen (secondary N) is 1. The molecule has 0 saturated carbocycles. The lowest BCUT2D eigenvalue weighted by molar-refractivity contribution is -0.384. The van der Waals surface area contributed by atoms with Crippen LogP contribution in [-0.4, -0.2) is 31.0 Å². The van der Waals surface area contributed by atoms with Crippen LogP contribution in [0.2, 0.25) is 0 Å². The summed E-state index contributed by atoms with van der Waals surface area (Å²) in [5.74, 6) is 0.447. The van der Waals surface area contributed by atoms with Crippen LogP contribution in [-0.2, 0) is 13.6 Å². The van der Waals surface area contributed by atoms with E-state index < -0.39 is 4.92 Å². The van der Waals surface area contributed by atoms with Crippen molar-refractivity contribution in [2.24, 2.45) is 7.05 Å². The van der Waals surface area contributed by atoms with Crippen molar-refractivity contribution in [2.45, 2.75) is 19.9 Å². The fraction of sp³-hybridized carbons (Fsp3) is 0.455. The number of hydrogen-bond acceptors (Lipinski definition) is 5. The molecule has 0 bridgehead atoms. The smallest absolute Gasteiger partial charge is 0.333 e. The van der Waals surface area contributed by atoms with Gasteiger partial charge in [0, 0.05) is 32.5 Å². The molecule has 0 aliphatic heterocycles. The van der Waals surface area contributed by atoms with Crippen molar-refractivity contribution in [1.29, 1.82) is 0 Å². The molecule has 2 aromatic heterocycles. The Bertz CT molecular complexity index is 560. The number of aryl methyl sites for hydroxylation is 3. The van der Waals surface area contributed by atoms with Crippen LogP contribution in [0, 0.1) is 17.0 Å². The summed E-state index contributed by atoms with van der Waals surface area (Å²) in [4.78, 5) is 10.6. The van der Waals surface area contributed by atoms with Gasteiger partial charge in [-0.05, 0) is 19.4 Å². The Morgan fingerprint density at radius 3 is 2.95 bits per heavy atom. The van der Waals surface area contributed by atoms with Crippen molar-refractivity contribution in [1.82, 2.24) is 19.6 Å². The molecule has 0 saturated heterocycles. The van der Waals surface area contributed by atoms with Crippen molar-refractivity contribution in [3.8, 4) is 0 Å². The molecule has 0 atom stereocenters. The second kappa shape index (κ2) is 5.51. The van der Waals surface area contributed by atoms with Gasteiger partial charge in [0.15, 0.2) is 0 Å². The summed E-state index contributed by atoms with van der Waals surface area (Å²) in [7, 11) is 1.69. The second-order valence-corrected chi connectivity index (χ2v) is 4.21. The third-order valence-corrected chi connectivity index (χ3v) is 2.79. The highest BCUT2D eigenvalue weighted by atomic mass is 16.6. The van der Waals surface area contributed by atoms with Crippen LogP contribution >= 0.6 is 0 Å². The van der Waals surface area contributed by atoms with Crippen molar-refractivity contribution < 1.29 is 4.92 Å². The first-order valence-electron chi connectivity index (χ1n) is 5.99.